The molecule has 3 aliphatic rings. The Hall–Kier alpha value is -3.24. The Labute approximate surface area is 226 Å². The van der Waals surface area contributed by atoms with Crippen LogP contribution in [0.5, 0.6) is 11.5 Å². The van der Waals surface area contributed by atoms with Crippen LogP contribution in [0.1, 0.15) is 26.2 Å². The zero-order chi connectivity index (χ0) is 26.9. The third-order valence-corrected chi connectivity index (χ3v) is 9.65. The van der Waals surface area contributed by atoms with Gasteiger partial charge in [0.05, 0.1) is 30.3 Å². The van der Waals surface area contributed by atoms with Gasteiger partial charge in [-0.1, -0.05) is 0 Å². The number of carbonyl (C=O) groups excluding carboxylic acids is 3. The fraction of sp³-hybridized carbons (Fsp3) is 0.464. The Morgan fingerprint density at radius 1 is 1.05 bits per heavy atom. The van der Waals surface area contributed by atoms with Gasteiger partial charge in [0.2, 0.25) is 17.7 Å². The van der Waals surface area contributed by atoms with Crippen LogP contribution >= 0.6 is 11.8 Å². The van der Waals surface area contributed by atoms with Gasteiger partial charge in [-0.15, -0.1) is 11.8 Å². The van der Waals surface area contributed by atoms with Crippen molar-refractivity contribution in [1.29, 1.82) is 0 Å². The largest absolute Gasteiger partial charge is 0.497 e. The molecule has 3 fully saturated rings. The highest BCUT2D eigenvalue weighted by Crippen LogP contribution is 2.66. The third-order valence-electron chi connectivity index (χ3n) is 7.70. The van der Waals surface area contributed by atoms with Gasteiger partial charge in [0, 0.05) is 29.8 Å². The fourth-order valence-electron chi connectivity index (χ4n) is 6.15. The Morgan fingerprint density at radius 2 is 1.68 bits per heavy atom. The number of methoxy groups -OCH3 is 1. The molecule has 2 bridgehead atoms. The summed E-state index contributed by atoms with van der Waals surface area (Å²) in [5.41, 5.74) is 1.24. The predicted molar refractivity (Wildman–Crippen MR) is 145 cm³/mol. The summed E-state index contributed by atoms with van der Waals surface area (Å²) in [4.78, 5) is 42.8. The first-order valence-electron chi connectivity index (χ1n) is 13.0. The molecule has 5 atom stereocenters. The van der Waals surface area contributed by atoms with Crippen LogP contribution in [0.15, 0.2) is 48.5 Å². The van der Waals surface area contributed by atoms with Gasteiger partial charge in [-0.05, 0) is 74.7 Å². The molecule has 0 aromatic heterocycles. The number of aliphatic hydroxyl groups excluding tert-OH is 1. The Bertz CT molecular complexity index is 1190. The molecule has 0 aliphatic carbocycles. The van der Waals surface area contributed by atoms with Crippen molar-refractivity contribution in [3.63, 3.8) is 0 Å². The molecule has 3 saturated heterocycles. The van der Waals surface area contributed by atoms with E-state index in [0.717, 1.165) is 12.2 Å². The van der Waals surface area contributed by atoms with Crippen molar-refractivity contribution in [3.05, 3.63) is 48.5 Å². The van der Waals surface area contributed by atoms with Crippen molar-refractivity contribution in [1.82, 2.24) is 4.90 Å². The van der Waals surface area contributed by atoms with E-state index in [-0.39, 0.29) is 36.1 Å². The number of aliphatic hydroxyl groups is 1. The highest BCUT2D eigenvalue weighted by atomic mass is 32.2. The van der Waals surface area contributed by atoms with Gasteiger partial charge in [0.1, 0.15) is 17.5 Å². The van der Waals surface area contributed by atoms with Crippen LogP contribution < -0.4 is 20.1 Å². The quantitative estimate of drug-likeness (QED) is 0.425. The summed E-state index contributed by atoms with van der Waals surface area (Å²) in [7, 11) is 1.58. The van der Waals surface area contributed by atoms with Crippen LogP contribution in [0, 0.1) is 11.8 Å². The normalized spacial score (nSPS) is 27.2. The molecule has 38 heavy (non-hydrogen) atoms. The van der Waals surface area contributed by atoms with Crippen LogP contribution in [-0.4, -0.2) is 70.6 Å². The number of thioether (sulfide) groups is 1. The number of likely N-dealkylation sites (tertiary alicyclic amines) is 1. The van der Waals surface area contributed by atoms with Gasteiger partial charge in [-0.3, -0.25) is 14.4 Å². The molecule has 3 heterocycles. The Kier molecular flexibility index (Phi) is 7.54. The number of carbonyl (C=O) groups is 3. The highest BCUT2D eigenvalue weighted by molar-refractivity contribution is 8.02. The van der Waals surface area contributed by atoms with E-state index in [1.54, 1.807) is 72.3 Å². The zero-order valence-corrected chi connectivity index (χ0v) is 22.3. The molecule has 2 aromatic carbocycles. The van der Waals surface area contributed by atoms with Gasteiger partial charge >= 0.3 is 0 Å². The van der Waals surface area contributed by atoms with Crippen LogP contribution in [0.2, 0.25) is 0 Å². The zero-order valence-electron chi connectivity index (χ0n) is 21.5. The first kappa shape index (κ1) is 26.4. The number of ether oxygens (including phenoxy) is 2. The van der Waals surface area contributed by atoms with Crippen molar-refractivity contribution in [2.24, 2.45) is 11.8 Å². The molecule has 5 rings (SSSR count). The SMILES string of the molecule is CCOc1ccc(NC(=O)[C@@H]2[C@@H]3CCC4(S3)C(C(=O)Nc3ccc(OC)cc3)N(CCCO)C(=O)[C@H]24)cc1. The van der Waals surface area contributed by atoms with Crippen molar-refractivity contribution in [3.8, 4) is 11.5 Å². The third kappa shape index (κ3) is 4.60. The van der Waals surface area contributed by atoms with Gasteiger partial charge in [-0.25, -0.2) is 0 Å². The number of hydrogen-bond acceptors (Lipinski definition) is 7. The van der Waals surface area contributed by atoms with E-state index < -0.39 is 22.6 Å². The second-order valence-corrected chi connectivity index (χ2v) is 11.4. The molecule has 0 saturated carbocycles. The summed E-state index contributed by atoms with van der Waals surface area (Å²) in [6.07, 6.45) is 1.80. The van der Waals surface area contributed by atoms with Gasteiger partial charge in [0.25, 0.3) is 0 Å². The molecule has 2 aromatic rings. The number of anilines is 2. The van der Waals surface area contributed by atoms with E-state index in [1.807, 2.05) is 6.92 Å². The van der Waals surface area contributed by atoms with Crippen molar-refractivity contribution in [2.45, 2.75) is 42.2 Å². The summed E-state index contributed by atoms with van der Waals surface area (Å²) in [6.45, 7) is 2.63. The van der Waals surface area contributed by atoms with Crippen LogP contribution in [0.25, 0.3) is 0 Å². The lowest BCUT2D eigenvalue weighted by Crippen LogP contribution is -2.51. The fourth-order valence-corrected chi connectivity index (χ4v) is 8.37. The second-order valence-electron chi connectivity index (χ2n) is 9.83. The second kappa shape index (κ2) is 10.9. The molecule has 3 amide bonds. The molecule has 1 spiro atoms. The molecule has 2 unspecified atom stereocenters. The standard InChI is InChI=1S/C28H33N3O6S/c1-3-37-20-11-7-17(8-12-20)29-25(33)22-21-13-14-28(38-21)23(22)27(35)31(15-4-16-32)24(28)26(34)30-18-5-9-19(36-2)10-6-18/h5-12,21-24,32H,3-4,13-16H2,1-2H3,(H,29,33)(H,30,34)/t21-,22+,23-,24?,28?/m0/s1. The molecular weight excluding hydrogens is 506 g/mol. The molecular formula is C28H33N3O6S. The average Bonchev–Trinajstić information content (AvgIpc) is 3.56. The minimum absolute atomic E-state index is 0.0390. The minimum atomic E-state index is -0.730. The van der Waals surface area contributed by atoms with E-state index in [2.05, 4.69) is 10.6 Å². The number of benzene rings is 2. The lowest BCUT2D eigenvalue weighted by Gasteiger charge is -2.34. The smallest absolute Gasteiger partial charge is 0.248 e. The molecule has 3 aliphatic heterocycles. The van der Waals surface area contributed by atoms with E-state index >= 15 is 0 Å². The first-order valence-corrected chi connectivity index (χ1v) is 13.9. The Balaban J connectivity index is 1.39. The maximum absolute atomic E-state index is 13.9. The molecule has 0 radical (unpaired) electrons. The molecule has 3 N–H and O–H groups in total. The number of nitrogens with zero attached hydrogens (tertiary/aromatic N) is 1. The van der Waals surface area contributed by atoms with Crippen LogP contribution in [0.3, 0.4) is 0 Å². The van der Waals surface area contributed by atoms with E-state index in [1.165, 1.54) is 0 Å². The van der Waals surface area contributed by atoms with Gasteiger partial charge < -0.3 is 30.1 Å². The maximum Gasteiger partial charge on any atom is 0.248 e. The topological polar surface area (TPSA) is 117 Å². The Morgan fingerprint density at radius 3 is 2.29 bits per heavy atom. The lowest BCUT2D eigenvalue weighted by atomic mass is 9.70. The summed E-state index contributed by atoms with van der Waals surface area (Å²) < 4.78 is 10.00. The van der Waals surface area contributed by atoms with E-state index in [9.17, 15) is 19.5 Å². The van der Waals surface area contributed by atoms with Crippen LogP contribution in [-0.2, 0) is 14.4 Å². The van der Waals surface area contributed by atoms with Crippen molar-refractivity contribution < 1.29 is 29.0 Å². The molecule has 202 valence electrons. The van der Waals surface area contributed by atoms with Crippen molar-refractivity contribution >= 4 is 40.9 Å². The van der Waals surface area contributed by atoms with Gasteiger partial charge in [-0.2, -0.15) is 0 Å². The first-order chi connectivity index (χ1) is 18.4. The summed E-state index contributed by atoms with van der Waals surface area (Å²) in [5, 5.41) is 15.4. The van der Waals surface area contributed by atoms with Crippen molar-refractivity contribution in [2.75, 3.05) is 37.5 Å². The van der Waals surface area contributed by atoms with E-state index in [4.69, 9.17) is 9.47 Å². The van der Waals surface area contributed by atoms with E-state index in [0.29, 0.717) is 36.6 Å². The van der Waals surface area contributed by atoms with Gasteiger partial charge in [0.15, 0.2) is 0 Å². The summed E-state index contributed by atoms with van der Waals surface area (Å²) in [5.74, 6) is -0.406. The molecule has 10 heteroatoms. The number of amides is 3. The maximum atomic E-state index is 13.9. The lowest BCUT2D eigenvalue weighted by molar-refractivity contribution is -0.138. The van der Waals surface area contributed by atoms with Crippen LogP contribution in [0.4, 0.5) is 11.4 Å². The summed E-state index contributed by atoms with van der Waals surface area (Å²) >= 11 is 1.61. The number of nitrogens with one attached hydrogen (secondary N) is 2. The molecule has 9 nitrogen and oxygen atoms in total. The minimum Gasteiger partial charge on any atom is -0.497 e. The number of hydrogen-bond donors (Lipinski definition) is 3. The monoisotopic (exact) mass is 539 g/mol. The average molecular weight is 540 g/mol. The number of rotatable bonds is 10. The number of fused-ring (bicyclic) bond motifs is 1. The predicted octanol–water partition coefficient (Wildman–Crippen LogP) is 3.14. The summed E-state index contributed by atoms with van der Waals surface area (Å²) in [6, 6.07) is 13.5. The highest BCUT2D eigenvalue weighted by Gasteiger charge is 2.73.